The van der Waals surface area contributed by atoms with Gasteiger partial charge in [-0.1, -0.05) is 0 Å². The van der Waals surface area contributed by atoms with Gasteiger partial charge in [0.15, 0.2) is 5.78 Å². The number of Topliss-reactive ketones (excluding diaryl/α,β-unsaturated/α-hetero) is 1. The number of rotatable bonds is 7. The van der Waals surface area contributed by atoms with Crippen molar-refractivity contribution in [3.05, 3.63) is 32.6 Å². The fourth-order valence-electron chi connectivity index (χ4n) is 1.66. The lowest BCUT2D eigenvalue weighted by molar-refractivity contribution is 0.101. The van der Waals surface area contributed by atoms with Crippen LogP contribution in [0, 0.1) is 0 Å². The molecule has 0 saturated heterocycles. The lowest BCUT2D eigenvalue weighted by Crippen LogP contribution is -2.37. The molecule has 0 fully saturated rings. The number of carbonyl (C=O) groups excluding carboxylic acids is 1. The van der Waals surface area contributed by atoms with Crippen molar-refractivity contribution in [2.24, 2.45) is 0 Å². The number of carbonyl (C=O) groups is 1. The smallest absolute Gasteiger partial charge is 0.328 e. The zero-order valence-electron chi connectivity index (χ0n) is 10.7. The first-order valence-corrected chi connectivity index (χ1v) is 5.90. The van der Waals surface area contributed by atoms with Crippen LogP contribution in [0.15, 0.2) is 15.8 Å². The molecule has 0 bridgehead atoms. The lowest BCUT2D eigenvalue weighted by atomic mass is 10.2. The first-order chi connectivity index (χ1) is 8.57. The van der Waals surface area contributed by atoms with Crippen LogP contribution in [0.1, 0.15) is 36.5 Å². The second kappa shape index (κ2) is 6.90. The van der Waals surface area contributed by atoms with Crippen molar-refractivity contribution in [1.82, 2.24) is 9.55 Å². The van der Waals surface area contributed by atoms with Gasteiger partial charge in [-0.25, -0.2) is 4.79 Å². The number of methoxy groups -OCH3 is 1. The van der Waals surface area contributed by atoms with E-state index in [9.17, 15) is 14.4 Å². The molecule has 1 aromatic rings. The Morgan fingerprint density at radius 1 is 1.33 bits per heavy atom. The van der Waals surface area contributed by atoms with Crippen molar-refractivity contribution >= 4 is 5.78 Å². The van der Waals surface area contributed by atoms with E-state index >= 15 is 0 Å². The third-order valence-electron chi connectivity index (χ3n) is 2.67. The van der Waals surface area contributed by atoms with Crippen LogP contribution in [0.2, 0.25) is 0 Å². The summed E-state index contributed by atoms with van der Waals surface area (Å²) in [4.78, 5) is 37.0. The number of aromatic amines is 1. The van der Waals surface area contributed by atoms with Gasteiger partial charge in [-0.3, -0.25) is 14.2 Å². The molecule has 100 valence electrons. The second-order valence-electron chi connectivity index (χ2n) is 4.07. The molecule has 1 aromatic heterocycles. The highest BCUT2D eigenvalue weighted by Crippen LogP contribution is 1.97. The van der Waals surface area contributed by atoms with Gasteiger partial charge in [-0.05, 0) is 26.2 Å². The van der Waals surface area contributed by atoms with E-state index in [2.05, 4.69) is 4.98 Å². The number of ether oxygens (including phenoxy) is 1. The lowest BCUT2D eigenvalue weighted by Gasteiger charge is -2.05. The van der Waals surface area contributed by atoms with E-state index in [0.717, 1.165) is 17.4 Å². The molecule has 6 heteroatoms. The molecule has 0 aliphatic rings. The van der Waals surface area contributed by atoms with Crippen LogP contribution in [0.3, 0.4) is 0 Å². The van der Waals surface area contributed by atoms with E-state index in [1.165, 1.54) is 13.1 Å². The molecule has 1 heterocycles. The fourth-order valence-corrected chi connectivity index (χ4v) is 1.66. The SMILES string of the molecule is COCCCCCn1c(=O)[nH]cc(C(C)=O)c1=O. The Bertz CT molecular complexity index is 516. The summed E-state index contributed by atoms with van der Waals surface area (Å²) in [7, 11) is 1.63. The number of ketones is 1. The molecule has 1 N–H and O–H groups in total. The Morgan fingerprint density at radius 3 is 2.67 bits per heavy atom. The number of unbranched alkanes of at least 4 members (excludes halogenated alkanes) is 2. The number of hydrogen-bond donors (Lipinski definition) is 1. The normalized spacial score (nSPS) is 10.6. The molecule has 18 heavy (non-hydrogen) atoms. The summed E-state index contributed by atoms with van der Waals surface area (Å²) in [5, 5.41) is 0. The van der Waals surface area contributed by atoms with Crippen LogP contribution >= 0.6 is 0 Å². The van der Waals surface area contributed by atoms with Crippen molar-refractivity contribution in [3.63, 3.8) is 0 Å². The van der Waals surface area contributed by atoms with Gasteiger partial charge in [-0.2, -0.15) is 0 Å². The van der Waals surface area contributed by atoms with Gasteiger partial charge in [0.2, 0.25) is 0 Å². The predicted molar refractivity (Wildman–Crippen MR) is 67.1 cm³/mol. The molecule has 0 saturated carbocycles. The van der Waals surface area contributed by atoms with Crippen molar-refractivity contribution in [1.29, 1.82) is 0 Å². The van der Waals surface area contributed by atoms with Gasteiger partial charge in [0, 0.05) is 26.5 Å². The molecule has 1 rings (SSSR count). The molecular formula is C12H18N2O4. The Kier molecular flexibility index (Phi) is 5.51. The summed E-state index contributed by atoms with van der Waals surface area (Å²) in [5.74, 6) is -0.343. The zero-order chi connectivity index (χ0) is 13.5. The molecule has 0 spiro atoms. The van der Waals surface area contributed by atoms with Gasteiger partial charge in [0.1, 0.15) is 0 Å². The van der Waals surface area contributed by atoms with E-state index < -0.39 is 11.2 Å². The number of aromatic nitrogens is 2. The molecule has 0 aliphatic heterocycles. The molecular weight excluding hydrogens is 236 g/mol. The van der Waals surface area contributed by atoms with E-state index in [1.807, 2.05) is 0 Å². The summed E-state index contributed by atoms with van der Waals surface area (Å²) in [6.45, 7) is 2.29. The average molecular weight is 254 g/mol. The van der Waals surface area contributed by atoms with Crippen molar-refractivity contribution in [2.45, 2.75) is 32.7 Å². The maximum atomic E-state index is 11.8. The predicted octanol–water partition coefficient (Wildman–Crippen LogP) is 0.556. The molecule has 6 nitrogen and oxygen atoms in total. The third kappa shape index (κ3) is 3.66. The summed E-state index contributed by atoms with van der Waals surface area (Å²) in [5.41, 5.74) is -0.971. The summed E-state index contributed by atoms with van der Waals surface area (Å²) < 4.78 is 5.98. The highest BCUT2D eigenvalue weighted by Gasteiger charge is 2.10. The van der Waals surface area contributed by atoms with Crippen LogP contribution in [0.4, 0.5) is 0 Å². The van der Waals surface area contributed by atoms with Gasteiger partial charge in [0.25, 0.3) is 5.56 Å². The number of hydrogen-bond acceptors (Lipinski definition) is 4. The maximum Gasteiger partial charge on any atom is 0.328 e. The van der Waals surface area contributed by atoms with Crippen LogP contribution < -0.4 is 11.2 Å². The highest BCUT2D eigenvalue weighted by molar-refractivity contribution is 5.93. The molecule has 0 unspecified atom stereocenters. The first-order valence-electron chi connectivity index (χ1n) is 5.90. The van der Waals surface area contributed by atoms with Crippen LogP contribution in [0.25, 0.3) is 0 Å². The molecule has 0 aromatic carbocycles. The standard InChI is InChI=1S/C12H18N2O4/c1-9(15)10-8-13-12(17)14(11(10)16)6-4-3-5-7-18-2/h8H,3-7H2,1-2H3,(H,13,17). The minimum Gasteiger partial charge on any atom is -0.385 e. The molecule has 0 aliphatic carbocycles. The van der Waals surface area contributed by atoms with E-state index in [0.29, 0.717) is 19.6 Å². The average Bonchev–Trinajstić information content (AvgIpc) is 2.32. The van der Waals surface area contributed by atoms with Gasteiger partial charge >= 0.3 is 5.69 Å². The monoisotopic (exact) mass is 254 g/mol. The Hall–Kier alpha value is -1.69. The quantitative estimate of drug-likeness (QED) is 0.569. The van der Waals surface area contributed by atoms with E-state index in [4.69, 9.17) is 4.74 Å². The number of H-pyrrole nitrogens is 1. The third-order valence-corrected chi connectivity index (χ3v) is 2.67. The molecule has 0 amide bonds. The number of nitrogens with one attached hydrogen (secondary N) is 1. The van der Waals surface area contributed by atoms with Gasteiger partial charge in [0.05, 0.1) is 5.56 Å². The maximum absolute atomic E-state index is 11.8. The second-order valence-corrected chi connectivity index (χ2v) is 4.07. The van der Waals surface area contributed by atoms with Crippen molar-refractivity contribution in [3.8, 4) is 0 Å². The Morgan fingerprint density at radius 2 is 2.06 bits per heavy atom. The fraction of sp³-hybridized carbons (Fsp3) is 0.583. The Labute approximate surface area is 105 Å². The summed E-state index contributed by atoms with van der Waals surface area (Å²) in [6.07, 6.45) is 3.63. The Balaban J connectivity index is 2.76. The largest absolute Gasteiger partial charge is 0.385 e. The topological polar surface area (TPSA) is 81.2 Å². The van der Waals surface area contributed by atoms with E-state index in [-0.39, 0.29) is 11.3 Å². The minimum absolute atomic E-state index is 0.0199. The molecule has 0 radical (unpaired) electrons. The highest BCUT2D eigenvalue weighted by atomic mass is 16.5. The van der Waals surface area contributed by atoms with Crippen LogP contribution in [-0.2, 0) is 11.3 Å². The van der Waals surface area contributed by atoms with Crippen molar-refractivity contribution < 1.29 is 9.53 Å². The molecule has 0 atom stereocenters. The number of nitrogens with zero attached hydrogens (tertiary/aromatic N) is 1. The summed E-state index contributed by atoms with van der Waals surface area (Å²) >= 11 is 0. The van der Waals surface area contributed by atoms with E-state index in [1.54, 1.807) is 7.11 Å². The van der Waals surface area contributed by atoms with Crippen molar-refractivity contribution in [2.75, 3.05) is 13.7 Å². The van der Waals surface area contributed by atoms with Crippen LogP contribution in [-0.4, -0.2) is 29.1 Å². The van der Waals surface area contributed by atoms with Gasteiger partial charge < -0.3 is 9.72 Å². The summed E-state index contributed by atoms with van der Waals surface area (Å²) in [6, 6.07) is 0. The first kappa shape index (κ1) is 14.4. The zero-order valence-corrected chi connectivity index (χ0v) is 10.7. The van der Waals surface area contributed by atoms with Gasteiger partial charge in [-0.15, -0.1) is 0 Å². The minimum atomic E-state index is -0.516. The van der Waals surface area contributed by atoms with Crippen LogP contribution in [0.5, 0.6) is 0 Å².